The lowest BCUT2D eigenvalue weighted by Gasteiger charge is -2.17. The molecule has 0 radical (unpaired) electrons. The van der Waals surface area contributed by atoms with Crippen molar-refractivity contribution in [2.75, 3.05) is 18.0 Å². The van der Waals surface area contributed by atoms with Gasteiger partial charge in [0.15, 0.2) is 0 Å². The van der Waals surface area contributed by atoms with Crippen LogP contribution in [0, 0.1) is 0 Å². The van der Waals surface area contributed by atoms with Gasteiger partial charge in [0.2, 0.25) is 0 Å². The molecule has 0 unspecified atom stereocenters. The van der Waals surface area contributed by atoms with E-state index in [2.05, 4.69) is 24.0 Å². The molecule has 0 saturated carbocycles. The summed E-state index contributed by atoms with van der Waals surface area (Å²) in [4.78, 5) is 7.08. The second-order valence-corrected chi connectivity index (χ2v) is 5.32. The van der Waals surface area contributed by atoms with Crippen molar-refractivity contribution in [2.45, 2.75) is 26.2 Å². The van der Waals surface area contributed by atoms with Gasteiger partial charge >= 0.3 is 0 Å². The SMILES string of the molecule is CCc1cc(O)cc(-c2cccc(N3CCCC3)n2)c1. The Morgan fingerprint density at radius 1 is 1.15 bits per heavy atom. The molecule has 0 spiro atoms. The van der Waals surface area contributed by atoms with E-state index in [4.69, 9.17) is 4.98 Å². The summed E-state index contributed by atoms with van der Waals surface area (Å²) in [6.07, 6.45) is 3.41. The third-order valence-corrected chi connectivity index (χ3v) is 3.85. The number of nitrogens with zero attached hydrogens (tertiary/aromatic N) is 2. The number of phenols is 1. The quantitative estimate of drug-likeness (QED) is 0.923. The molecule has 1 N–H and O–H groups in total. The van der Waals surface area contributed by atoms with Crippen LogP contribution in [0.4, 0.5) is 5.82 Å². The molecule has 1 aromatic heterocycles. The molecule has 1 fully saturated rings. The van der Waals surface area contributed by atoms with E-state index in [1.807, 2.05) is 18.2 Å². The predicted octanol–water partition coefficient (Wildman–Crippen LogP) is 3.62. The van der Waals surface area contributed by atoms with E-state index in [0.29, 0.717) is 5.75 Å². The number of aromatic nitrogens is 1. The molecule has 0 amide bonds. The van der Waals surface area contributed by atoms with E-state index in [1.165, 1.54) is 12.8 Å². The Bertz CT molecular complexity index is 604. The Balaban J connectivity index is 1.97. The highest BCUT2D eigenvalue weighted by Gasteiger charge is 2.14. The predicted molar refractivity (Wildman–Crippen MR) is 82.2 cm³/mol. The Morgan fingerprint density at radius 3 is 2.70 bits per heavy atom. The lowest BCUT2D eigenvalue weighted by molar-refractivity contribution is 0.475. The number of pyridine rings is 1. The zero-order valence-electron chi connectivity index (χ0n) is 11.8. The lowest BCUT2D eigenvalue weighted by Crippen LogP contribution is -2.18. The smallest absolute Gasteiger partial charge is 0.129 e. The minimum Gasteiger partial charge on any atom is -0.508 e. The number of anilines is 1. The Morgan fingerprint density at radius 2 is 1.95 bits per heavy atom. The summed E-state index contributed by atoms with van der Waals surface area (Å²) in [6.45, 7) is 4.28. The van der Waals surface area contributed by atoms with Crippen LogP contribution in [0.25, 0.3) is 11.3 Å². The van der Waals surface area contributed by atoms with E-state index >= 15 is 0 Å². The lowest BCUT2D eigenvalue weighted by atomic mass is 10.1. The molecular weight excluding hydrogens is 248 g/mol. The number of aryl methyl sites for hydroxylation is 1. The van der Waals surface area contributed by atoms with Gasteiger partial charge in [0, 0.05) is 18.7 Å². The van der Waals surface area contributed by atoms with Gasteiger partial charge in [-0.25, -0.2) is 4.98 Å². The maximum Gasteiger partial charge on any atom is 0.129 e. The fraction of sp³-hybridized carbons (Fsp3) is 0.353. The van der Waals surface area contributed by atoms with Crippen molar-refractivity contribution in [2.24, 2.45) is 0 Å². The maximum absolute atomic E-state index is 9.83. The van der Waals surface area contributed by atoms with Crippen LogP contribution >= 0.6 is 0 Å². The summed E-state index contributed by atoms with van der Waals surface area (Å²) in [6, 6.07) is 11.8. The monoisotopic (exact) mass is 268 g/mol. The molecule has 104 valence electrons. The highest BCUT2D eigenvalue weighted by molar-refractivity contribution is 5.64. The summed E-state index contributed by atoms with van der Waals surface area (Å²) in [7, 11) is 0. The van der Waals surface area contributed by atoms with Crippen molar-refractivity contribution < 1.29 is 5.11 Å². The van der Waals surface area contributed by atoms with Gasteiger partial charge in [0.25, 0.3) is 0 Å². The van der Waals surface area contributed by atoms with Crippen LogP contribution in [-0.2, 0) is 6.42 Å². The number of hydrogen-bond acceptors (Lipinski definition) is 3. The average molecular weight is 268 g/mol. The van der Waals surface area contributed by atoms with E-state index in [-0.39, 0.29) is 0 Å². The summed E-state index contributed by atoms with van der Waals surface area (Å²) < 4.78 is 0. The first kappa shape index (κ1) is 13.0. The zero-order valence-corrected chi connectivity index (χ0v) is 11.8. The van der Waals surface area contributed by atoms with Gasteiger partial charge in [-0.05, 0) is 55.2 Å². The molecule has 3 nitrogen and oxygen atoms in total. The minimum atomic E-state index is 0.313. The summed E-state index contributed by atoms with van der Waals surface area (Å²) in [5.41, 5.74) is 3.05. The molecule has 2 heterocycles. The Kier molecular flexibility index (Phi) is 3.59. The minimum absolute atomic E-state index is 0.313. The summed E-state index contributed by atoms with van der Waals surface area (Å²) in [5.74, 6) is 1.36. The van der Waals surface area contributed by atoms with Gasteiger partial charge in [-0.15, -0.1) is 0 Å². The van der Waals surface area contributed by atoms with Crippen LogP contribution in [0.15, 0.2) is 36.4 Å². The number of rotatable bonds is 3. The van der Waals surface area contributed by atoms with E-state index in [1.54, 1.807) is 6.07 Å². The second-order valence-electron chi connectivity index (χ2n) is 5.32. The average Bonchev–Trinajstić information content (AvgIpc) is 3.01. The van der Waals surface area contributed by atoms with E-state index in [0.717, 1.165) is 42.1 Å². The van der Waals surface area contributed by atoms with Gasteiger partial charge in [-0.2, -0.15) is 0 Å². The highest BCUT2D eigenvalue weighted by Crippen LogP contribution is 2.27. The molecule has 20 heavy (non-hydrogen) atoms. The van der Waals surface area contributed by atoms with Crippen LogP contribution in [-0.4, -0.2) is 23.2 Å². The third-order valence-electron chi connectivity index (χ3n) is 3.85. The number of phenolic OH excluding ortho intramolecular Hbond substituents is 1. The van der Waals surface area contributed by atoms with Crippen molar-refractivity contribution in [3.05, 3.63) is 42.0 Å². The summed E-state index contributed by atoms with van der Waals surface area (Å²) in [5, 5.41) is 9.83. The molecule has 3 heteroatoms. The van der Waals surface area contributed by atoms with Crippen molar-refractivity contribution >= 4 is 5.82 Å². The van der Waals surface area contributed by atoms with Crippen LogP contribution in [0.3, 0.4) is 0 Å². The fourth-order valence-corrected chi connectivity index (χ4v) is 2.73. The first-order chi connectivity index (χ1) is 9.76. The standard InChI is InChI=1S/C17H20N2O/c1-2-13-10-14(12-15(20)11-13)16-6-5-7-17(18-16)19-8-3-4-9-19/h5-7,10-12,20H,2-4,8-9H2,1H3. The third kappa shape index (κ3) is 2.62. The Labute approximate surface area is 119 Å². The van der Waals surface area contributed by atoms with Crippen LogP contribution < -0.4 is 4.90 Å². The zero-order chi connectivity index (χ0) is 13.9. The molecule has 1 aliphatic heterocycles. The summed E-state index contributed by atoms with van der Waals surface area (Å²) >= 11 is 0. The molecule has 0 bridgehead atoms. The van der Waals surface area contributed by atoms with Gasteiger partial charge in [-0.1, -0.05) is 13.0 Å². The second kappa shape index (κ2) is 5.53. The van der Waals surface area contributed by atoms with Crippen molar-refractivity contribution in [1.29, 1.82) is 0 Å². The molecular formula is C17H20N2O. The molecule has 3 rings (SSSR count). The van der Waals surface area contributed by atoms with Crippen LogP contribution in [0.5, 0.6) is 5.75 Å². The molecule has 1 saturated heterocycles. The molecule has 0 aliphatic carbocycles. The highest BCUT2D eigenvalue weighted by atomic mass is 16.3. The normalized spacial score (nSPS) is 14.8. The number of aromatic hydroxyl groups is 1. The topological polar surface area (TPSA) is 36.4 Å². The molecule has 0 atom stereocenters. The van der Waals surface area contributed by atoms with Gasteiger partial charge in [0.1, 0.15) is 11.6 Å². The van der Waals surface area contributed by atoms with Crippen LogP contribution in [0.1, 0.15) is 25.3 Å². The largest absolute Gasteiger partial charge is 0.508 e. The Hall–Kier alpha value is -2.03. The van der Waals surface area contributed by atoms with Crippen molar-refractivity contribution in [1.82, 2.24) is 4.98 Å². The first-order valence-electron chi connectivity index (χ1n) is 7.31. The molecule has 1 aliphatic rings. The number of hydrogen-bond donors (Lipinski definition) is 1. The van der Waals surface area contributed by atoms with Gasteiger partial charge in [0.05, 0.1) is 5.69 Å². The maximum atomic E-state index is 9.83. The van der Waals surface area contributed by atoms with Crippen molar-refractivity contribution in [3.8, 4) is 17.0 Å². The van der Waals surface area contributed by atoms with Gasteiger partial charge in [-0.3, -0.25) is 0 Å². The van der Waals surface area contributed by atoms with Gasteiger partial charge < -0.3 is 10.0 Å². The van der Waals surface area contributed by atoms with E-state index < -0.39 is 0 Å². The number of benzene rings is 1. The molecule has 2 aromatic rings. The van der Waals surface area contributed by atoms with Crippen LogP contribution in [0.2, 0.25) is 0 Å². The first-order valence-corrected chi connectivity index (χ1v) is 7.31. The van der Waals surface area contributed by atoms with Crippen molar-refractivity contribution in [3.63, 3.8) is 0 Å². The fourth-order valence-electron chi connectivity index (χ4n) is 2.73. The molecule has 1 aromatic carbocycles. The van der Waals surface area contributed by atoms with E-state index in [9.17, 15) is 5.11 Å².